The van der Waals surface area contributed by atoms with Crippen LogP contribution in [0, 0.1) is 5.92 Å². The second-order valence-electron chi connectivity index (χ2n) is 5.37. The molecule has 4 heteroatoms. The Labute approximate surface area is 96.6 Å². The molecule has 2 fully saturated rings. The minimum Gasteiger partial charge on any atom is -0.386 e. The molecule has 0 aromatic rings. The number of hydrogen-bond donors (Lipinski definition) is 1. The summed E-state index contributed by atoms with van der Waals surface area (Å²) in [6, 6.07) is 0. The predicted molar refractivity (Wildman–Crippen MR) is 60.0 cm³/mol. The van der Waals surface area contributed by atoms with Crippen LogP contribution in [0.2, 0.25) is 0 Å². The lowest BCUT2D eigenvalue weighted by Crippen LogP contribution is -2.62. The Hall–Kier alpha value is -0.610. The van der Waals surface area contributed by atoms with E-state index in [1.165, 1.54) is 0 Å². The Bertz CT molecular complexity index is 263. The van der Waals surface area contributed by atoms with Crippen LogP contribution in [-0.4, -0.2) is 47.3 Å². The first-order chi connectivity index (χ1) is 7.50. The summed E-state index contributed by atoms with van der Waals surface area (Å²) in [7, 11) is 0. The highest BCUT2D eigenvalue weighted by Crippen LogP contribution is 2.34. The zero-order valence-corrected chi connectivity index (χ0v) is 10.1. The van der Waals surface area contributed by atoms with Crippen molar-refractivity contribution in [1.82, 2.24) is 4.90 Å². The average Bonchev–Trinajstić information content (AvgIpc) is 2.10. The first-order valence-corrected chi connectivity index (χ1v) is 6.12. The van der Waals surface area contributed by atoms with Crippen molar-refractivity contribution < 1.29 is 14.6 Å². The molecule has 1 saturated heterocycles. The van der Waals surface area contributed by atoms with Gasteiger partial charge in [0.25, 0.3) is 0 Å². The normalized spacial score (nSPS) is 31.8. The van der Waals surface area contributed by atoms with Crippen LogP contribution in [0.3, 0.4) is 0 Å². The van der Waals surface area contributed by atoms with Crippen LogP contribution in [0.25, 0.3) is 0 Å². The molecule has 92 valence electrons. The van der Waals surface area contributed by atoms with Crippen LogP contribution in [-0.2, 0) is 9.53 Å². The summed E-state index contributed by atoms with van der Waals surface area (Å²) in [4.78, 5) is 13.5. The van der Waals surface area contributed by atoms with Crippen molar-refractivity contribution in [3.8, 4) is 0 Å². The van der Waals surface area contributed by atoms with E-state index < -0.39 is 5.60 Å². The topological polar surface area (TPSA) is 49.8 Å². The fourth-order valence-electron chi connectivity index (χ4n) is 2.54. The molecule has 1 aliphatic heterocycles. The van der Waals surface area contributed by atoms with Crippen molar-refractivity contribution >= 4 is 5.91 Å². The Balaban J connectivity index is 1.63. The zero-order valence-electron chi connectivity index (χ0n) is 10.1. The lowest BCUT2D eigenvalue weighted by Gasteiger charge is -2.45. The van der Waals surface area contributed by atoms with E-state index in [1.807, 2.05) is 6.92 Å². The van der Waals surface area contributed by atoms with E-state index in [2.05, 4.69) is 0 Å². The van der Waals surface area contributed by atoms with E-state index in [0.717, 1.165) is 19.4 Å². The third-order valence-corrected chi connectivity index (χ3v) is 3.47. The summed E-state index contributed by atoms with van der Waals surface area (Å²) < 4.78 is 5.46. The Morgan fingerprint density at radius 1 is 1.50 bits per heavy atom. The molecule has 4 nitrogen and oxygen atoms in total. The summed E-state index contributed by atoms with van der Waals surface area (Å²) in [6.07, 6.45) is 3.04. The highest BCUT2D eigenvalue weighted by Gasteiger charge is 2.41. The molecule has 1 aliphatic carbocycles. The van der Waals surface area contributed by atoms with Gasteiger partial charge in [-0.15, -0.1) is 0 Å². The summed E-state index contributed by atoms with van der Waals surface area (Å²) in [5, 5.41) is 9.54. The molecule has 16 heavy (non-hydrogen) atoms. The highest BCUT2D eigenvalue weighted by atomic mass is 16.5. The highest BCUT2D eigenvalue weighted by molar-refractivity contribution is 5.77. The van der Waals surface area contributed by atoms with Gasteiger partial charge < -0.3 is 14.7 Å². The van der Waals surface area contributed by atoms with E-state index >= 15 is 0 Å². The number of amides is 1. The van der Waals surface area contributed by atoms with Gasteiger partial charge in [-0.1, -0.05) is 0 Å². The first-order valence-electron chi connectivity index (χ1n) is 6.12. The molecule has 0 atom stereocenters. The van der Waals surface area contributed by atoms with Crippen molar-refractivity contribution in [1.29, 1.82) is 0 Å². The molecule has 2 aliphatic rings. The second kappa shape index (κ2) is 4.34. The summed E-state index contributed by atoms with van der Waals surface area (Å²) in [6.45, 7) is 5.52. The van der Waals surface area contributed by atoms with Crippen LogP contribution in [0.15, 0.2) is 0 Å². The van der Waals surface area contributed by atoms with Gasteiger partial charge in [-0.05, 0) is 32.6 Å². The Morgan fingerprint density at radius 3 is 2.62 bits per heavy atom. The van der Waals surface area contributed by atoms with Gasteiger partial charge in [-0.3, -0.25) is 4.79 Å². The van der Waals surface area contributed by atoms with Gasteiger partial charge in [-0.2, -0.15) is 0 Å². The number of carbonyl (C=O) groups excluding carboxylic acids is 1. The van der Waals surface area contributed by atoms with Gasteiger partial charge in [-0.25, -0.2) is 0 Å². The number of likely N-dealkylation sites (tertiary alicyclic amines) is 1. The van der Waals surface area contributed by atoms with Crippen LogP contribution < -0.4 is 0 Å². The maximum absolute atomic E-state index is 11.8. The molecule has 0 spiro atoms. The molecule has 0 aromatic heterocycles. The van der Waals surface area contributed by atoms with E-state index in [1.54, 1.807) is 11.8 Å². The molecule has 0 radical (unpaired) electrons. The van der Waals surface area contributed by atoms with E-state index in [9.17, 15) is 9.90 Å². The van der Waals surface area contributed by atoms with Gasteiger partial charge in [0.1, 0.15) is 0 Å². The van der Waals surface area contributed by atoms with Crippen molar-refractivity contribution in [2.75, 3.05) is 19.7 Å². The van der Waals surface area contributed by atoms with Crippen LogP contribution in [0.1, 0.15) is 33.1 Å². The van der Waals surface area contributed by atoms with E-state index in [4.69, 9.17) is 4.74 Å². The number of hydrogen-bond acceptors (Lipinski definition) is 3. The van der Waals surface area contributed by atoms with Crippen LogP contribution >= 0.6 is 0 Å². The predicted octanol–water partition coefficient (Wildman–Crippen LogP) is 0.785. The molecule has 1 N–H and O–H groups in total. The number of carbonyl (C=O) groups is 1. The minimum absolute atomic E-state index is 0.187. The fraction of sp³-hybridized carbons (Fsp3) is 0.917. The van der Waals surface area contributed by atoms with E-state index in [0.29, 0.717) is 31.5 Å². The maximum Gasteiger partial charge on any atom is 0.223 e. The third kappa shape index (κ3) is 2.55. The minimum atomic E-state index is -0.650. The van der Waals surface area contributed by atoms with Crippen LogP contribution in [0.4, 0.5) is 0 Å². The summed E-state index contributed by atoms with van der Waals surface area (Å²) in [5.74, 6) is 0.682. The van der Waals surface area contributed by atoms with Gasteiger partial charge in [0.2, 0.25) is 5.91 Å². The molecule has 1 saturated carbocycles. The summed E-state index contributed by atoms with van der Waals surface area (Å²) in [5.41, 5.74) is -0.650. The monoisotopic (exact) mass is 227 g/mol. The number of ether oxygens (including phenoxy) is 1. The molecule has 2 rings (SSSR count). The maximum atomic E-state index is 11.8. The standard InChI is InChI=1S/C12H21NO3/c1-3-16-10-4-9(5-10)6-11(14)13-7-12(2,15)8-13/h9-10,15H,3-8H2,1-2H3. The number of nitrogens with zero attached hydrogens (tertiary/aromatic N) is 1. The van der Waals surface area contributed by atoms with Gasteiger partial charge in [0.15, 0.2) is 0 Å². The zero-order chi connectivity index (χ0) is 11.8. The van der Waals surface area contributed by atoms with Gasteiger partial charge in [0, 0.05) is 13.0 Å². The largest absolute Gasteiger partial charge is 0.386 e. The molecular weight excluding hydrogens is 206 g/mol. The fourth-order valence-corrected chi connectivity index (χ4v) is 2.54. The van der Waals surface area contributed by atoms with Crippen molar-refractivity contribution in [3.63, 3.8) is 0 Å². The lowest BCUT2D eigenvalue weighted by atomic mass is 9.79. The first kappa shape index (κ1) is 11.9. The SMILES string of the molecule is CCOC1CC(CC(=O)N2CC(C)(O)C2)C1. The van der Waals surface area contributed by atoms with Crippen molar-refractivity contribution in [2.24, 2.45) is 5.92 Å². The molecule has 1 heterocycles. The van der Waals surface area contributed by atoms with Crippen LogP contribution in [0.5, 0.6) is 0 Å². The number of aliphatic hydroxyl groups is 1. The molecule has 1 amide bonds. The Morgan fingerprint density at radius 2 is 2.12 bits per heavy atom. The quantitative estimate of drug-likeness (QED) is 0.772. The van der Waals surface area contributed by atoms with Crippen molar-refractivity contribution in [2.45, 2.75) is 44.8 Å². The number of β-amino-alcohol motifs (C(OH)–C–C–N with tert-alkyl or cyclic N) is 1. The smallest absolute Gasteiger partial charge is 0.223 e. The molecule has 0 bridgehead atoms. The van der Waals surface area contributed by atoms with E-state index in [-0.39, 0.29) is 5.91 Å². The second-order valence-corrected chi connectivity index (χ2v) is 5.37. The van der Waals surface area contributed by atoms with Gasteiger partial charge >= 0.3 is 0 Å². The lowest BCUT2D eigenvalue weighted by molar-refractivity contribution is -0.155. The third-order valence-electron chi connectivity index (χ3n) is 3.47. The molecule has 0 aromatic carbocycles. The average molecular weight is 227 g/mol. The Kier molecular flexibility index (Phi) is 3.22. The number of rotatable bonds is 4. The molecular formula is C12H21NO3. The molecule has 0 unspecified atom stereocenters. The van der Waals surface area contributed by atoms with Crippen molar-refractivity contribution in [3.05, 3.63) is 0 Å². The van der Waals surface area contributed by atoms with Gasteiger partial charge in [0.05, 0.1) is 24.8 Å². The summed E-state index contributed by atoms with van der Waals surface area (Å²) >= 11 is 0.